The highest BCUT2D eigenvalue weighted by Crippen LogP contribution is 2.53. The standard InChI is InChI=1S/C22H31N3O4/c1-2-23-11-12-24(13-17(23)26)20(27)18-16-9-10-22(29-16)14-25(21(28)19(18)22)15-7-5-3-4-6-8-15/h9-10,15-16,18-19H,2-8,11-14H2,1H3/t16-,18+,19+,22-/m0/s1. The van der Waals surface area contributed by atoms with Crippen molar-refractivity contribution in [3.05, 3.63) is 12.2 Å². The predicted octanol–water partition coefficient (Wildman–Crippen LogP) is 1.18. The van der Waals surface area contributed by atoms with Crippen LogP contribution in [-0.4, -0.2) is 82.9 Å². The summed E-state index contributed by atoms with van der Waals surface area (Å²) in [5.74, 6) is -0.955. The molecule has 2 bridgehead atoms. The van der Waals surface area contributed by atoms with E-state index in [0.29, 0.717) is 26.2 Å². The zero-order valence-electron chi connectivity index (χ0n) is 17.2. The van der Waals surface area contributed by atoms with Crippen LogP contribution in [0.2, 0.25) is 0 Å². The van der Waals surface area contributed by atoms with Crippen LogP contribution in [-0.2, 0) is 19.1 Å². The lowest BCUT2D eigenvalue weighted by molar-refractivity contribution is -0.150. The van der Waals surface area contributed by atoms with Crippen LogP contribution in [0, 0.1) is 11.8 Å². The SMILES string of the molecule is CCN1CCN(C(=O)[C@@H]2[C@@H]3C=C[C@@]4(CN(C5CCCCCC5)C(=O)[C@@H]24)O3)CC1=O. The topological polar surface area (TPSA) is 70.2 Å². The number of carbonyl (C=O) groups is 3. The van der Waals surface area contributed by atoms with Crippen molar-refractivity contribution in [1.29, 1.82) is 0 Å². The van der Waals surface area contributed by atoms with Gasteiger partial charge in [0.1, 0.15) is 5.60 Å². The average molecular weight is 402 g/mol. The quantitative estimate of drug-likeness (QED) is 0.526. The highest BCUT2D eigenvalue weighted by molar-refractivity contribution is 5.94. The van der Waals surface area contributed by atoms with Crippen molar-refractivity contribution in [3.63, 3.8) is 0 Å². The molecule has 4 atom stereocenters. The summed E-state index contributed by atoms with van der Waals surface area (Å²) in [5.41, 5.74) is -0.649. The van der Waals surface area contributed by atoms with E-state index in [2.05, 4.69) is 0 Å². The molecular formula is C22H31N3O4. The summed E-state index contributed by atoms with van der Waals surface area (Å²) in [6.45, 7) is 4.39. The number of ether oxygens (including phenoxy) is 1. The highest BCUT2D eigenvalue weighted by Gasteiger charge is 2.67. The third-order valence-electron chi connectivity index (χ3n) is 7.69. The first-order valence-electron chi connectivity index (χ1n) is 11.3. The molecule has 4 heterocycles. The Kier molecular flexibility index (Phi) is 4.68. The smallest absolute Gasteiger partial charge is 0.242 e. The second-order valence-corrected chi connectivity index (χ2v) is 9.24. The summed E-state index contributed by atoms with van der Waals surface area (Å²) in [6, 6.07) is 0.270. The molecule has 0 aromatic heterocycles. The van der Waals surface area contributed by atoms with Crippen molar-refractivity contribution in [2.24, 2.45) is 11.8 Å². The fourth-order valence-corrected chi connectivity index (χ4v) is 6.13. The molecule has 4 fully saturated rings. The number of hydrogen-bond acceptors (Lipinski definition) is 4. The molecule has 7 heteroatoms. The number of hydrogen-bond donors (Lipinski definition) is 0. The molecule has 0 unspecified atom stereocenters. The predicted molar refractivity (Wildman–Crippen MR) is 106 cm³/mol. The molecule has 1 saturated carbocycles. The molecule has 0 N–H and O–H groups in total. The molecule has 4 aliphatic heterocycles. The van der Waals surface area contributed by atoms with E-state index in [-0.39, 0.29) is 36.4 Å². The van der Waals surface area contributed by atoms with E-state index in [9.17, 15) is 14.4 Å². The molecule has 29 heavy (non-hydrogen) atoms. The minimum absolute atomic E-state index is 0.0146. The van der Waals surface area contributed by atoms with Gasteiger partial charge >= 0.3 is 0 Å². The van der Waals surface area contributed by atoms with Crippen LogP contribution >= 0.6 is 0 Å². The Morgan fingerprint density at radius 2 is 1.93 bits per heavy atom. The van der Waals surface area contributed by atoms with Gasteiger partial charge in [-0.25, -0.2) is 0 Å². The first-order valence-corrected chi connectivity index (χ1v) is 11.3. The van der Waals surface area contributed by atoms with Crippen LogP contribution in [0.5, 0.6) is 0 Å². The van der Waals surface area contributed by atoms with E-state index in [1.165, 1.54) is 12.8 Å². The minimum atomic E-state index is -0.649. The van der Waals surface area contributed by atoms with Gasteiger partial charge in [0.15, 0.2) is 0 Å². The second kappa shape index (κ2) is 7.11. The fraction of sp³-hybridized carbons (Fsp3) is 0.773. The number of piperazine rings is 1. The van der Waals surface area contributed by atoms with Crippen LogP contribution in [0.25, 0.3) is 0 Å². The van der Waals surface area contributed by atoms with Crippen LogP contribution in [0.3, 0.4) is 0 Å². The highest BCUT2D eigenvalue weighted by atomic mass is 16.5. The Morgan fingerprint density at radius 1 is 1.17 bits per heavy atom. The molecule has 1 spiro atoms. The number of fused-ring (bicyclic) bond motifs is 1. The van der Waals surface area contributed by atoms with Gasteiger partial charge < -0.3 is 19.4 Å². The molecule has 1 aliphatic carbocycles. The molecule has 158 valence electrons. The normalized spacial score (nSPS) is 37.4. The maximum absolute atomic E-state index is 13.5. The number of rotatable bonds is 3. The van der Waals surface area contributed by atoms with Crippen molar-refractivity contribution in [3.8, 4) is 0 Å². The first-order chi connectivity index (χ1) is 14.0. The average Bonchev–Trinajstić information content (AvgIpc) is 3.27. The van der Waals surface area contributed by atoms with Crippen molar-refractivity contribution in [1.82, 2.24) is 14.7 Å². The van der Waals surface area contributed by atoms with Gasteiger partial charge in [0, 0.05) is 25.7 Å². The van der Waals surface area contributed by atoms with Gasteiger partial charge in [-0.3, -0.25) is 14.4 Å². The van der Waals surface area contributed by atoms with E-state index < -0.39 is 17.4 Å². The van der Waals surface area contributed by atoms with E-state index in [4.69, 9.17) is 4.74 Å². The van der Waals surface area contributed by atoms with Crippen LogP contribution < -0.4 is 0 Å². The Balaban J connectivity index is 1.36. The summed E-state index contributed by atoms with van der Waals surface area (Å²) in [6.07, 6.45) is 10.6. The van der Waals surface area contributed by atoms with Gasteiger partial charge in [0.05, 0.1) is 31.0 Å². The maximum Gasteiger partial charge on any atom is 0.242 e. The molecule has 0 radical (unpaired) electrons. The molecule has 7 nitrogen and oxygen atoms in total. The van der Waals surface area contributed by atoms with Gasteiger partial charge in [-0.1, -0.05) is 37.8 Å². The third kappa shape index (κ3) is 2.92. The number of amides is 3. The molecule has 3 amide bonds. The Labute approximate surface area is 172 Å². The zero-order valence-corrected chi connectivity index (χ0v) is 17.2. The van der Waals surface area contributed by atoms with Gasteiger partial charge in [0.25, 0.3) is 0 Å². The molecule has 0 aromatic rings. The molecule has 5 rings (SSSR count). The monoisotopic (exact) mass is 401 g/mol. The van der Waals surface area contributed by atoms with E-state index in [0.717, 1.165) is 25.7 Å². The first kappa shape index (κ1) is 19.1. The van der Waals surface area contributed by atoms with Gasteiger partial charge in [-0.2, -0.15) is 0 Å². The van der Waals surface area contributed by atoms with E-state index >= 15 is 0 Å². The molecule has 5 aliphatic rings. The Bertz CT molecular complexity index is 744. The summed E-state index contributed by atoms with van der Waals surface area (Å²) < 4.78 is 6.28. The lowest BCUT2D eigenvalue weighted by Gasteiger charge is -2.36. The van der Waals surface area contributed by atoms with E-state index in [1.807, 2.05) is 24.0 Å². The van der Waals surface area contributed by atoms with Crippen molar-refractivity contribution < 1.29 is 19.1 Å². The molecular weight excluding hydrogens is 370 g/mol. The fourth-order valence-electron chi connectivity index (χ4n) is 6.13. The van der Waals surface area contributed by atoms with Crippen molar-refractivity contribution >= 4 is 17.7 Å². The lowest BCUT2D eigenvalue weighted by atomic mass is 9.76. The Hall–Kier alpha value is -1.89. The summed E-state index contributed by atoms with van der Waals surface area (Å²) in [7, 11) is 0. The van der Waals surface area contributed by atoms with Gasteiger partial charge in [-0.05, 0) is 19.8 Å². The van der Waals surface area contributed by atoms with Crippen molar-refractivity contribution in [2.45, 2.75) is 63.2 Å². The Morgan fingerprint density at radius 3 is 2.62 bits per heavy atom. The number of carbonyl (C=O) groups excluding carboxylic acids is 3. The summed E-state index contributed by atoms with van der Waals surface area (Å²) >= 11 is 0. The molecule has 0 aromatic carbocycles. The van der Waals surface area contributed by atoms with Crippen molar-refractivity contribution in [2.75, 3.05) is 32.7 Å². The minimum Gasteiger partial charge on any atom is -0.360 e. The van der Waals surface area contributed by atoms with Gasteiger partial charge in [0.2, 0.25) is 17.7 Å². The number of nitrogens with zero attached hydrogens (tertiary/aromatic N) is 3. The van der Waals surface area contributed by atoms with Gasteiger partial charge in [-0.15, -0.1) is 0 Å². The molecule has 3 saturated heterocycles. The largest absolute Gasteiger partial charge is 0.360 e. The van der Waals surface area contributed by atoms with Crippen LogP contribution in [0.4, 0.5) is 0 Å². The zero-order chi connectivity index (χ0) is 20.2. The van der Waals surface area contributed by atoms with E-state index in [1.54, 1.807) is 9.80 Å². The van der Waals surface area contributed by atoms with Crippen LogP contribution in [0.15, 0.2) is 12.2 Å². The maximum atomic E-state index is 13.5. The number of likely N-dealkylation sites (tertiary alicyclic amines) is 1. The number of likely N-dealkylation sites (N-methyl/N-ethyl adjacent to an activating group) is 1. The summed E-state index contributed by atoms with van der Waals surface area (Å²) in [4.78, 5) is 44.7. The third-order valence-corrected chi connectivity index (χ3v) is 7.69. The second-order valence-electron chi connectivity index (χ2n) is 9.24. The van der Waals surface area contributed by atoms with Crippen LogP contribution in [0.1, 0.15) is 45.4 Å². The lowest BCUT2D eigenvalue weighted by Crippen LogP contribution is -2.55. The summed E-state index contributed by atoms with van der Waals surface area (Å²) in [5, 5.41) is 0.